The van der Waals surface area contributed by atoms with E-state index >= 15 is 0 Å². The summed E-state index contributed by atoms with van der Waals surface area (Å²) in [4.78, 5) is 11.8. The lowest BCUT2D eigenvalue weighted by Gasteiger charge is -2.15. The molecular formula is C10H14N2O2S. The maximum Gasteiger partial charge on any atom is 0.312 e. The number of thiophene rings is 1. The van der Waals surface area contributed by atoms with Gasteiger partial charge < -0.3 is 16.2 Å². The Bertz CT molecular complexity index is 364. The number of urea groups is 1. The van der Waals surface area contributed by atoms with Crippen LogP contribution in [0.25, 0.3) is 0 Å². The second-order valence-corrected chi connectivity index (χ2v) is 4.70. The average Bonchev–Trinajstić information content (AvgIpc) is 2.59. The molecule has 0 bridgehead atoms. The van der Waals surface area contributed by atoms with Crippen LogP contribution in [0, 0.1) is 0 Å². The van der Waals surface area contributed by atoms with E-state index in [-0.39, 0.29) is 12.1 Å². The van der Waals surface area contributed by atoms with Crippen LogP contribution in [0.5, 0.6) is 0 Å². The molecule has 2 rings (SSSR count). The molecule has 0 aliphatic heterocycles. The van der Waals surface area contributed by atoms with Crippen molar-refractivity contribution in [3.05, 3.63) is 21.9 Å². The zero-order valence-electron chi connectivity index (χ0n) is 8.27. The van der Waals surface area contributed by atoms with Gasteiger partial charge in [-0.05, 0) is 36.3 Å². The van der Waals surface area contributed by atoms with E-state index in [0.29, 0.717) is 0 Å². The molecule has 0 fully saturated rings. The molecule has 4 nitrogen and oxygen atoms in total. The third-order valence-corrected chi connectivity index (χ3v) is 3.73. The molecule has 15 heavy (non-hydrogen) atoms. The number of carbonyl (C=O) groups is 1. The van der Waals surface area contributed by atoms with Crippen LogP contribution < -0.4 is 11.1 Å². The fraction of sp³-hybridized carbons (Fsp3) is 0.500. The number of amides is 2. The van der Waals surface area contributed by atoms with Crippen molar-refractivity contribution in [1.29, 1.82) is 0 Å². The van der Waals surface area contributed by atoms with Crippen molar-refractivity contribution in [3.63, 3.8) is 0 Å². The first-order chi connectivity index (χ1) is 7.18. The minimum Gasteiger partial charge on any atom is -0.388 e. The van der Waals surface area contributed by atoms with Gasteiger partial charge in [-0.25, -0.2) is 4.79 Å². The molecule has 1 aromatic heterocycles. The van der Waals surface area contributed by atoms with Gasteiger partial charge in [0.25, 0.3) is 0 Å². The van der Waals surface area contributed by atoms with Crippen LogP contribution in [0.2, 0.25) is 0 Å². The molecule has 1 aliphatic rings. The zero-order valence-corrected chi connectivity index (χ0v) is 9.09. The predicted octanol–water partition coefficient (Wildman–Crippen LogP) is 1.67. The summed E-state index contributed by atoms with van der Waals surface area (Å²) in [6.45, 7) is 0. The normalized spacial score (nSPS) is 25.4. The summed E-state index contributed by atoms with van der Waals surface area (Å²) in [5.41, 5.74) is 6.14. The molecule has 5 heteroatoms. The number of nitrogens with two attached hydrogens (primary N) is 1. The van der Waals surface area contributed by atoms with Gasteiger partial charge in [-0.15, -0.1) is 11.3 Å². The smallest absolute Gasteiger partial charge is 0.312 e. The maximum absolute atomic E-state index is 10.8. The van der Waals surface area contributed by atoms with E-state index in [4.69, 9.17) is 5.73 Å². The Hall–Kier alpha value is -1.07. The lowest BCUT2D eigenvalue weighted by atomic mass is 10.1. The quantitative estimate of drug-likeness (QED) is 0.637. The van der Waals surface area contributed by atoms with E-state index in [1.807, 2.05) is 11.4 Å². The topological polar surface area (TPSA) is 75.4 Å². The molecule has 0 radical (unpaired) electrons. The van der Waals surface area contributed by atoms with Gasteiger partial charge in [-0.3, -0.25) is 0 Å². The first kappa shape index (κ1) is 10.4. The van der Waals surface area contributed by atoms with Gasteiger partial charge in [-0.2, -0.15) is 0 Å². The first-order valence-electron chi connectivity index (χ1n) is 5.00. The Balaban J connectivity index is 2.27. The molecule has 82 valence electrons. The molecule has 4 N–H and O–H groups in total. The van der Waals surface area contributed by atoms with Crippen LogP contribution in [0.4, 0.5) is 4.79 Å². The number of hydrogen-bond donors (Lipinski definition) is 3. The summed E-state index contributed by atoms with van der Waals surface area (Å²) in [5, 5.41) is 14.5. The van der Waals surface area contributed by atoms with Crippen LogP contribution in [0.1, 0.15) is 41.8 Å². The second kappa shape index (κ2) is 4.20. The lowest BCUT2D eigenvalue weighted by molar-refractivity contribution is 0.170. The van der Waals surface area contributed by atoms with Gasteiger partial charge >= 0.3 is 6.03 Å². The van der Waals surface area contributed by atoms with Crippen molar-refractivity contribution in [2.45, 2.75) is 31.4 Å². The molecule has 2 amide bonds. The highest BCUT2D eigenvalue weighted by molar-refractivity contribution is 7.10. The van der Waals surface area contributed by atoms with Crippen LogP contribution in [-0.2, 0) is 0 Å². The van der Waals surface area contributed by atoms with Gasteiger partial charge in [0.15, 0.2) is 0 Å². The van der Waals surface area contributed by atoms with Crippen LogP contribution in [-0.4, -0.2) is 11.1 Å². The first-order valence-corrected chi connectivity index (χ1v) is 5.88. The van der Waals surface area contributed by atoms with E-state index in [1.54, 1.807) is 0 Å². The van der Waals surface area contributed by atoms with Crippen molar-refractivity contribution in [2.75, 3.05) is 0 Å². The summed E-state index contributed by atoms with van der Waals surface area (Å²) in [7, 11) is 0. The Morgan fingerprint density at radius 2 is 2.40 bits per heavy atom. The molecule has 0 saturated carbocycles. The summed E-state index contributed by atoms with van der Waals surface area (Å²) >= 11 is 1.54. The van der Waals surface area contributed by atoms with Gasteiger partial charge in [0.05, 0.1) is 12.1 Å². The highest BCUT2D eigenvalue weighted by atomic mass is 32.1. The van der Waals surface area contributed by atoms with Gasteiger partial charge in [0.1, 0.15) is 0 Å². The molecular weight excluding hydrogens is 212 g/mol. The molecule has 1 aromatic rings. The Morgan fingerprint density at radius 3 is 3.13 bits per heavy atom. The molecule has 0 saturated heterocycles. The molecule has 0 aromatic carbocycles. The Labute approximate surface area is 92.1 Å². The summed E-state index contributed by atoms with van der Waals surface area (Å²) in [5.74, 6) is 0. The fourth-order valence-electron chi connectivity index (χ4n) is 2.01. The van der Waals surface area contributed by atoms with Crippen LogP contribution >= 0.6 is 11.3 Å². The number of aliphatic hydroxyl groups excluding tert-OH is 1. The third-order valence-electron chi connectivity index (χ3n) is 2.69. The van der Waals surface area contributed by atoms with Gasteiger partial charge in [0, 0.05) is 4.88 Å². The molecule has 0 unspecified atom stereocenters. The molecule has 1 heterocycles. The van der Waals surface area contributed by atoms with E-state index in [2.05, 4.69) is 5.32 Å². The monoisotopic (exact) mass is 226 g/mol. The largest absolute Gasteiger partial charge is 0.388 e. The highest BCUT2D eigenvalue weighted by Crippen LogP contribution is 2.37. The fourth-order valence-corrected chi connectivity index (χ4v) is 3.00. The Kier molecular flexibility index (Phi) is 2.93. The van der Waals surface area contributed by atoms with Crippen molar-refractivity contribution in [3.8, 4) is 0 Å². The average molecular weight is 226 g/mol. The minimum absolute atomic E-state index is 0.0408. The van der Waals surface area contributed by atoms with Crippen LogP contribution in [0.3, 0.4) is 0 Å². The maximum atomic E-state index is 10.8. The summed E-state index contributed by atoms with van der Waals surface area (Å²) < 4.78 is 0. The number of fused-ring (bicyclic) bond motifs is 1. The number of aliphatic hydroxyl groups is 1. The molecule has 2 atom stereocenters. The summed E-state index contributed by atoms with van der Waals surface area (Å²) in [6, 6.07) is 1.41. The van der Waals surface area contributed by atoms with Gasteiger partial charge in [-0.1, -0.05) is 0 Å². The second-order valence-electron chi connectivity index (χ2n) is 3.75. The van der Waals surface area contributed by atoms with Crippen molar-refractivity contribution >= 4 is 17.4 Å². The molecule has 0 spiro atoms. The van der Waals surface area contributed by atoms with Crippen LogP contribution in [0.15, 0.2) is 11.4 Å². The molecule has 1 aliphatic carbocycles. The van der Waals surface area contributed by atoms with Crippen molar-refractivity contribution < 1.29 is 9.90 Å². The number of hydrogen-bond acceptors (Lipinski definition) is 3. The number of primary amides is 1. The van der Waals surface area contributed by atoms with Crippen molar-refractivity contribution in [2.24, 2.45) is 5.73 Å². The lowest BCUT2D eigenvalue weighted by Crippen LogP contribution is -2.33. The van der Waals surface area contributed by atoms with Crippen molar-refractivity contribution in [1.82, 2.24) is 5.32 Å². The highest BCUT2D eigenvalue weighted by Gasteiger charge is 2.25. The SMILES string of the molecule is NC(=O)N[C@@H]1CCC[C@@H](O)c2sccc21. The van der Waals surface area contributed by atoms with E-state index in [0.717, 1.165) is 29.7 Å². The number of rotatable bonds is 1. The number of nitrogens with one attached hydrogen (secondary N) is 1. The number of carbonyl (C=O) groups excluding carboxylic acids is 1. The van der Waals surface area contributed by atoms with Gasteiger partial charge in [0.2, 0.25) is 0 Å². The zero-order chi connectivity index (χ0) is 10.8. The third kappa shape index (κ3) is 2.13. The van der Waals surface area contributed by atoms with E-state index in [1.165, 1.54) is 11.3 Å². The summed E-state index contributed by atoms with van der Waals surface area (Å²) in [6.07, 6.45) is 2.10. The standard InChI is InChI=1S/C10H14N2O2S/c11-10(14)12-7-2-1-3-8(13)9-6(7)4-5-15-9/h4-5,7-8,13H,1-3H2,(H3,11,12,14)/t7-,8-/m1/s1. The Morgan fingerprint density at radius 1 is 1.60 bits per heavy atom. The van der Waals surface area contributed by atoms with E-state index in [9.17, 15) is 9.90 Å². The minimum atomic E-state index is -0.506. The van der Waals surface area contributed by atoms with E-state index < -0.39 is 6.03 Å². The predicted molar refractivity (Wildman–Crippen MR) is 58.6 cm³/mol.